The second-order valence-electron chi connectivity index (χ2n) is 6.57. The normalized spacial score (nSPS) is 27.5. The molecule has 4 aliphatic carbocycles. The molecule has 0 radical (unpaired) electrons. The van der Waals surface area contributed by atoms with E-state index in [0.717, 1.165) is 12.8 Å². The minimum atomic E-state index is 0.455. The van der Waals surface area contributed by atoms with Gasteiger partial charge in [0.1, 0.15) is 0 Å². The molecule has 0 heterocycles. The lowest BCUT2D eigenvalue weighted by atomic mass is 9.79. The molecule has 0 fully saturated rings. The Morgan fingerprint density at radius 1 is 1.19 bits per heavy atom. The van der Waals surface area contributed by atoms with Gasteiger partial charge in [0.05, 0.1) is 4.83 Å². The number of fused-ring (bicyclic) bond motifs is 1. The minimum Gasteiger partial charge on any atom is -0.0804 e. The van der Waals surface area contributed by atoms with Crippen molar-refractivity contribution in [3.8, 4) is 0 Å². The Bertz CT molecular complexity index is 677. The van der Waals surface area contributed by atoms with Crippen LogP contribution in [-0.4, -0.2) is 4.83 Å². The summed E-state index contributed by atoms with van der Waals surface area (Å²) in [5, 5.41) is 0. The van der Waals surface area contributed by atoms with Crippen molar-refractivity contribution in [3.63, 3.8) is 0 Å². The average molecular weight is 341 g/mol. The van der Waals surface area contributed by atoms with E-state index in [1.807, 2.05) is 0 Å². The fourth-order valence-electron chi connectivity index (χ4n) is 4.02. The van der Waals surface area contributed by atoms with E-state index >= 15 is 0 Å². The van der Waals surface area contributed by atoms with E-state index in [0.29, 0.717) is 4.83 Å². The van der Waals surface area contributed by atoms with Gasteiger partial charge in [-0.2, -0.15) is 0 Å². The van der Waals surface area contributed by atoms with Gasteiger partial charge in [-0.05, 0) is 78.9 Å². The molecule has 1 heteroatoms. The van der Waals surface area contributed by atoms with Gasteiger partial charge in [-0.25, -0.2) is 0 Å². The maximum Gasteiger partial charge on any atom is 0.0616 e. The Balaban J connectivity index is 1.70. The molecular weight excluding hydrogens is 320 g/mol. The van der Waals surface area contributed by atoms with Crippen molar-refractivity contribution in [2.45, 2.75) is 50.3 Å². The molecule has 0 N–H and O–H groups in total. The van der Waals surface area contributed by atoms with Crippen LogP contribution in [-0.2, 0) is 0 Å². The van der Waals surface area contributed by atoms with Crippen molar-refractivity contribution in [2.75, 3.05) is 0 Å². The largest absolute Gasteiger partial charge is 0.0804 e. The van der Waals surface area contributed by atoms with Crippen LogP contribution in [0, 0.1) is 0 Å². The molecule has 0 aromatic heterocycles. The molecule has 0 amide bonds. The molecule has 108 valence electrons. The smallest absolute Gasteiger partial charge is 0.0616 e. The third-order valence-electron chi connectivity index (χ3n) is 5.19. The molecule has 21 heavy (non-hydrogen) atoms. The molecule has 1 unspecified atom stereocenters. The SMILES string of the molecule is CC1=C(CC2=CC=CC2)C2=CC3=C(CCCC3)C(Br)C2=C1. The first-order chi connectivity index (χ1) is 10.2. The Kier molecular flexibility index (Phi) is 3.41. The van der Waals surface area contributed by atoms with E-state index in [2.05, 4.69) is 53.2 Å². The minimum absolute atomic E-state index is 0.455. The van der Waals surface area contributed by atoms with E-state index in [9.17, 15) is 0 Å². The van der Waals surface area contributed by atoms with Gasteiger partial charge < -0.3 is 0 Å². The molecule has 0 aliphatic heterocycles. The van der Waals surface area contributed by atoms with Crippen molar-refractivity contribution in [2.24, 2.45) is 0 Å². The van der Waals surface area contributed by atoms with E-state index in [1.165, 1.54) is 42.4 Å². The van der Waals surface area contributed by atoms with Crippen molar-refractivity contribution < 1.29 is 0 Å². The van der Waals surface area contributed by atoms with Gasteiger partial charge in [0, 0.05) is 0 Å². The molecule has 0 saturated carbocycles. The monoisotopic (exact) mass is 340 g/mol. The van der Waals surface area contributed by atoms with Crippen LogP contribution in [0.4, 0.5) is 0 Å². The maximum absolute atomic E-state index is 3.98. The van der Waals surface area contributed by atoms with Gasteiger partial charge in [0.2, 0.25) is 0 Å². The predicted molar refractivity (Wildman–Crippen MR) is 93.5 cm³/mol. The van der Waals surface area contributed by atoms with Crippen LogP contribution >= 0.6 is 15.9 Å². The number of halogens is 1. The summed E-state index contributed by atoms with van der Waals surface area (Å²) in [6, 6.07) is 0. The highest BCUT2D eigenvalue weighted by molar-refractivity contribution is 9.09. The highest BCUT2D eigenvalue weighted by Crippen LogP contribution is 2.48. The van der Waals surface area contributed by atoms with Crippen molar-refractivity contribution in [3.05, 3.63) is 69.4 Å². The Morgan fingerprint density at radius 3 is 2.86 bits per heavy atom. The fourth-order valence-corrected chi connectivity index (χ4v) is 4.92. The first-order valence-electron chi connectivity index (χ1n) is 8.08. The molecule has 4 aliphatic rings. The van der Waals surface area contributed by atoms with Gasteiger partial charge in [0.25, 0.3) is 0 Å². The second kappa shape index (κ2) is 5.28. The third-order valence-corrected chi connectivity index (χ3v) is 6.23. The molecule has 0 aromatic carbocycles. The van der Waals surface area contributed by atoms with Crippen LogP contribution in [0.25, 0.3) is 0 Å². The zero-order chi connectivity index (χ0) is 14.4. The molecule has 0 nitrogen and oxygen atoms in total. The summed E-state index contributed by atoms with van der Waals surface area (Å²) in [4.78, 5) is 0.455. The van der Waals surface area contributed by atoms with Crippen LogP contribution in [0.15, 0.2) is 69.4 Å². The summed E-state index contributed by atoms with van der Waals surface area (Å²) in [5.41, 5.74) is 10.9. The summed E-state index contributed by atoms with van der Waals surface area (Å²) >= 11 is 3.98. The highest BCUT2D eigenvalue weighted by Gasteiger charge is 2.32. The standard InChI is InChI=1S/C20H21Br/c1-13-10-19-18(17(13)11-14-6-2-3-7-14)12-15-8-4-5-9-16(15)20(19)21/h2-3,6,10,12,20H,4-5,7-9,11H2,1H3. The van der Waals surface area contributed by atoms with E-state index in [4.69, 9.17) is 0 Å². The van der Waals surface area contributed by atoms with Gasteiger partial charge in [0.15, 0.2) is 0 Å². The van der Waals surface area contributed by atoms with Crippen LogP contribution in [0.3, 0.4) is 0 Å². The zero-order valence-corrected chi connectivity index (χ0v) is 14.2. The maximum atomic E-state index is 3.98. The van der Waals surface area contributed by atoms with Crippen molar-refractivity contribution >= 4 is 15.9 Å². The summed E-state index contributed by atoms with van der Waals surface area (Å²) in [5.74, 6) is 0. The lowest BCUT2D eigenvalue weighted by Gasteiger charge is -2.30. The highest BCUT2D eigenvalue weighted by atomic mass is 79.9. The second-order valence-corrected chi connectivity index (χ2v) is 7.49. The third kappa shape index (κ3) is 2.26. The van der Waals surface area contributed by atoms with E-state index in [1.54, 1.807) is 22.3 Å². The Labute approximate surface area is 135 Å². The van der Waals surface area contributed by atoms with Crippen LogP contribution in [0.5, 0.6) is 0 Å². The number of allylic oxidation sites excluding steroid dienone is 12. The molecular formula is C20H21Br. The molecule has 0 aromatic rings. The fraction of sp³-hybridized carbons (Fsp3) is 0.400. The summed E-state index contributed by atoms with van der Waals surface area (Å²) < 4.78 is 0. The molecule has 4 rings (SSSR count). The van der Waals surface area contributed by atoms with E-state index < -0.39 is 0 Å². The van der Waals surface area contributed by atoms with Crippen LogP contribution < -0.4 is 0 Å². The Morgan fingerprint density at radius 2 is 2.05 bits per heavy atom. The zero-order valence-electron chi connectivity index (χ0n) is 12.6. The Hall–Kier alpha value is -1.08. The van der Waals surface area contributed by atoms with Crippen LogP contribution in [0.2, 0.25) is 0 Å². The van der Waals surface area contributed by atoms with Gasteiger partial charge >= 0.3 is 0 Å². The topological polar surface area (TPSA) is 0 Å². The lowest BCUT2D eigenvalue weighted by molar-refractivity contribution is 0.669. The quantitative estimate of drug-likeness (QED) is 0.533. The predicted octanol–water partition coefficient (Wildman–Crippen LogP) is 6.09. The number of hydrogen-bond acceptors (Lipinski definition) is 0. The van der Waals surface area contributed by atoms with Crippen molar-refractivity contribution in [1.29, 1.82) is 0 Å². The van der Waals surface area contributed by atoms with Gasteiger partial charge in [-0.1, -0.05) is 51.9 Å². The van der Waals surface area contributed by atoms with Gasteiger partial charge in [-0.15, -0.1) is 0 Å². The molecule has 0 spiro atoms. The molecule has 0 bridgehead atoms. The average Bonchev–Trinajstić information content (AvgIpc) is 3.10. The number of hydrogen-bond donors (Lipinski definition) is 0. The van der Waals surface area contributed by atoms with Gasteiger partial charge in [-0.3, -0.25) is 0 Å². The first-order valence-corrected chi connectivity index (χ1v) is 9.00. The molecule has 1 atom stereocenters. The number of alkyl halides is 1. The molecule has 0 saturated heterocycles. The first kappa shape index (κ1) is 13.6. The summed E-state index contributed by atoms with van der Waals surface area (Å²) in [6.45, 7) is 2.28. The van der Waals surface area contributed by atoms with Crippen LogP contribution in [0.1, 0.15) is 45.4 Å². The summed E-state index contributed by atoms with van der Waals surface area (Å²) in [6.07, 6.45) is 19.2. The lowest BCUT2D eigenvalue weighted by Crippen LogP contribution is -2.17. The van der Waals surface area contributed by atoms with Crippen molar-refractivity contribution in [1.82, 2.24) is 0 Å². The summed E-state index contributed by atoms with van der Waals surface area (Å²) in [7, 11) is 0. The van der Waals surface area contributed by atoms with E-state index in [-0.39, 0.29) is 0 Å². The number of rotatable bonds is 2.